The van der Waals surface area contributed by atoms with Crippen LogP contribution in [0.2, 0.25) is 5.02 Å². The highest BCUT2D eigenvalue weighted by Crippen LogP contribution is 2.36. The Labute approximate surface area is 144 Å². The Balaban J connectivity index is 2.10. The second-order valence-corrected chi connectivity index (χ2v) is 6.29. The molecule has 0 saturated heterocycles. The Kier molecular flexibility index (Phi) is 6.12. The fourth-order valence-corrected chi connectivity index (χ4v) is 2.97. The first-order valence-corrected chi connectivity index (χ1v) is 8.11. The van der Waals surface area contributed by atoms with Gasteiger partial charge in [0.25, 0.3) is 0 Å². The summed E-state index contributed by atoms with van der Waals surface area (Å²) in [5.74, 6) is 1.20. The summed E-state index contributed by atoms with van der Waals surface area (Å²) >= 11 is 9.72. The van der Waals surface area contributed by atoms with Crippen molar-refractivity contribution in [3.63, 3.8) is 0 Å². The summed E-state index contributed by atoms with van der Waals surface area (Å²) in [6.07, 6.45) is 0. The molecule has 0 aliphatic carbocycles. The number of hydrogen-bond donors (Lipinski definition) is 1. The van der Waals surface area contributed by atoms with Crippen molar-refractivity contribution in [2.45, 2.75) is 19.5 Å². The lowest BCUT2D eigenvalue weighted by atomic mass is 10.1. The normalized spacial score (nSPS) is 12.0. The van der Waals surface area contributed by atoms with E-state index in [1.807, 2.05) is 24.3 Å². The molecule has 2 rings (SSSR count). The molecule has 1 N–H and O–H groups in total. The van der Waals surface area contributed by atoms with Gasteiger partial charge < -0.3 is 14.8 Å². The first-order valence-electron chi connectivity index (χ1n) is 6.94. The van der Waals surface area contributed by atoms with Crippen molar-refractivity contribution in [2.75, 3.05) is 14.2 Å². The Morgan fingerprint density at radius 2 is 1.95 bits per heavy atom. The van der Waals surface area contributed by atoms with Gasteiger partial charge >= 0.3 is 0 Å². The maximum atomic E-state index is 6.23. The average Bonchev–Trinajstić information content (AvgIpc) is 2.51. The summed E-state index contributed by atoms with van der Waals surface area (Å²) in [5, 5.41) is 4.03. The zero-order valence-corrected chi connectivity index (χ0v) is 15.2. The Bertz CT molecular complexity index is 649. The quantitative estimate of drug-likeness (QED) is 0.762. The van der Waals surface area contributed by atoms with Gasteiger partial charge in [-0.15, -0.1) is 0 Å². The maximum Gasteiger partial charge on any atom is 0.179 e. The van der Waals surface area contributed by atoms with Crippen LogP contribution in [0, 0.1) is 0 Å². The van der Waals surface area contributed by atoms with Crippen LogP contribution in [0.5, 0.6) is 11.5 Å². The summed E-state index contributed by atoms with van der Waals surface area (Å²) in [4.78, 5) is 0. The molecule has 3 nitrogen and oxygen atoms in total. The fraction of sp³-hybridized carbons (Fsp3) is 0.294. The highest BCUT2D eigenvalue weighted by atomic mass is 79.9. The Morgan fingerprint density at radius 3 is 2.59 bits per heavy atom. The third-order valence-corrected chi connectivity index (χ3v) is 4.23. The molecule has 0 saturated carbocycles. The van der Waals surface area contributed by atoms with Crippen molar-refractivity contribution < 1.29 is 9.47 Å². The van der Waals surface area contributed by atoms with Gasteiger partial charge in [-0.25, -0.2) is 0 Å². The van der Waals surface area contributed by atoms with Gasteiger partial charge in [-0.05, 0) is 42.3 Å². The predicted molar refractivity (Wildman–Crippen MR) is 94.0 cm³/mol. The maximum absolute atomic E-state index is 6.23. The molecule has 1 atom stereocenters. The number of nitrogens with one attached hydrogen (secondary N) is 1. The van der Waals surface area contributed by atoms with Crippen LogP contribution in [-0.4, -0.2) is 14.2 Å². The molecule has 22 heavy (non-hydrogen) atoms. The minimum atomic E-state index is 0.226. The third-order valence-electron chi connectivity index (χ3n) is 3.45. The zero-order chi connectivity index (χ0) is 16.1. The molecule has 0 aromatic heterocycles. The first kappa shape index (κ1) is 17.1. The summed E-state index contributed by atoms with van der Waals surface area (Å²) in [5.41, 5.74) is 2.27. The van der Waals surface area contributed by atoms with Crippen LogP contribution in [0.4, 0.5) is 0 Å². The molecule has 0 amide bonds. The van der Waals surface area contributed by atoms with Crippen molar-refractivity contribution in [2.24, 2.45) is 0 Å². The third kappa shape index (κ3) is 4.15. The highest BCUT2D eigenvalue weighted by Gasteiger charge is 2.12. The van der Waals surface area contributed by atoms with Gasteiger partial charge in [-0.3, -0.25) is 0 Å². The molecule has 118 valence electrons. The molecule has 2 aromatic rings. The van der Waals surface area contributed by atoms with Crippen LogP contribution >= 0.6 is 27.5 Å². The lowest BCUT2D eigenvalue weighted by Crippen LogP contribution is -2.18. The van der Waals surface area contributed by atoms with Crippen LogP contribution in [0.1, 0.15) is 24.1 Å². The largest absolute Gasteiger partial charge is 0.493 e. The summed E-state index contributed by atoms with van der Waals surface area (Å²) in [6, 6.07) is 12.3. The smallest absolute Gasteiger partial charge is 0.179 e. The number of methoxy groups -OCH3 is 2. The minimum absolute atomic E-state index is 0.226. The highest BCUT2D eigenvalue weighted by molar-refractivity contribution is 9.10. The number of halogens is 2. The van der Waals surface area contributed by atoms with E-state index in [0.29, 0.717) is 23.1 Å². The SMILES string of the molecule is COc1cc(CN[C@@H](C)c2cccc(Br)c2)cc(Cl)c1OC. The van der Waals surface area contributed by atoms with Crippen LogP contribution < -0.4 is 14.8 Å². The predicted octanol–water partition coefficient (Wildman–Crippen LogP) is 4.97. The minimum Gasteiger partial charge on any atom is -0.493 e. The van der Waals surface area contributed by atoms with Crippen LogP contribution in [0.25, 0.3) is 0 Å². The van der Waals surface area contributed by atoms with Crippen LogP contribution in [-0.2, 0) is 6.54 Å². The molecule has 0 radical (unpaired) electrons. The average molecular weight is 385 g/mol. The topological polar surface area (TPSA) is 30.5 Å². The molecule has 2 aromatic carbocycles. The van der Waals surface area contributed by atoms with Gasteiger partial charge in [0.1, 0.15) is 0 Å². The van der Waals surface area contributed by atoms with E-state index in [1.165, 1.54) is 5.56 Å². The van der Waals surface area contributed by atoms with Crippen molar-refractivity contribution >= 4 is 27.5 Å². The van der Waals surface area contributed by atoms with Gasteiger partial charge in [0, 0.05) is 17.1 Å². The molecule has 0 unspecified atom stereocenters. The lowest BCUT2D eigenvalue weighted by molar-refractivity contribution is 0.354. The number of benzene rings is 2. The van der Waals surface area contributed by atoms with Crippen molar-refractivity contribution in [3.05, 3.63) is 57.0 Å². The molecular weight excluding hydrogens is 366 g/mol. The standard InChI is InChI=1S/C17H19BrClNO2/c1-11(13-5-4-6-14(18)9-13)20-10-12-7-15(19)17(22-3)16(8-12)21-2/h4-9,11,20H,10H2,1-3H3/t11-/m0/s1. The second kappa shape index (κ2) is 7.86. The van der Waals surface area contributed by atoms with Crippen LogP contribution in [0.15, 0.2) is 40.9 Å². The van der Waals surface area contributed by atoms with Gasteiger partial charge in [0.05, 0.1) is 19.2 Å². The van der Waals surface area contributed by atoms with E-state index in [0.717, 1.165) is 10.0 Å². The number of rotatable bonds is 6. The van der Waals surface area contributed by atoms with Crippen molar-refractivity contribution in [1.29, 1.82) is 0 Å². The van der Waals surface area contributed by atoms with E-state index >= 15 is 0 Å². The Morgan fingerprint density at radius 1 is 1.18 bits per heavy atom. The van der Waals surface area contributed by atoms with E-state index in [-0.39, 0.29) is 6.04 Å². The molecule has 0 aliphatic rings. The lowest BCUT2D eigenvalue weighted by Gasteiger charge is -2.16. The molecule has 5 heteroatoms. The molecular formula is C17H19BrClNO2. The first-order chi connectivity index (χ1) is 10.5. The van der Waals surface area contributed by atoms with E-state index in [1.54, 1.807) is 14.2 Å². The summed E-state index contributed by atoms with van der Waals surface area (Å²) < 4.78 is 11.6. The van der Waals surface area contributed by atoms with Crippen molar-refractivity contribution in [1.82, 2.24) is 5.32 Å². The van der Waals surface area contributed by atoms with E-state index < -0.39 is 0 Å². The fourth-order valence-electron chi connectivity index (χ4n) is 2.24. The van der Waals surface area contributed by atoms with Gasteiger partial charge in [0.15, 0.2) is 11.5 Å². The molecule has 0 bridgehead atoms. The molecule has 0 spiro atoms. The number of hydrogen-bond acceptors (Lipinski definition) is 3. The Hall–Kier alpha value is -1.23. The van der Waals surface area contributed by atoms with E-state index in [2.05, 4.69) is 40.3 Å². The van der Waals surface area contributed by atoms with Crippen LogP contribution in [0.3, 0.4) is 0 Å². The van der Waals surface area contributed by atoms with Gasteiger partial charge in [0.2, 0.25) is 0 Å². The monoisotopic (exact) mass is 383 g/mol. The second-order valence-electron chi connectivity index (χ2n) is 4.97. The van der Waals surface area contributed by atoms with E-state index in [4.69, 9.17) is 21.1 Å². The van der Waals surface area contributed by atoms with Gasteiger partial charge in [-0.2, -0.15) is 0 Å². The van der Waals surface area contributed by atoms with Crippen molar-refractivity contribution in [3.8, 4) is 11.5 Å². The van der Waals surface area contributed by atoms with E-state index in [9.17, 15) is 0 Å². The molecule has 0 aliphatic heterocycles. The zero-order valence-electron chi connectivity index (χ0n) is 12.8. The molecule has 0 fully saturated rings. The number of ether oxygens (including phenoxy) is 2. The summed E-state index contributed by atoms with van der Waals surface area (Å²) in [7, 11) is 3.19. The summed E-state index contributed by atoms with van der Waals surface area (Å²) in [6.45, 7) is 2.82. The van der Waals surface area contributed by atoms with Gasteiger partial charge in [-0.1, -0.05) is 39.7 Å². The molecule has 0 heterocycles.